The van der Waals surface area contributed by atoms with Gasteiger partial charge in [-0.2, -0.15) is 0 Å². The summed E-state index contributed by atoms with van der Waals surface area (Å²) in [5.74, 6) is 2.01. The Bertz CT molecular complexity index is 975. The summed E-state index contributed by atoms with van der Waals surface area (Å²) in [7, 11) is 4.12. The second kappa shape index (κ2) is 7.12. The molecule has 26 heavy (non-hydrogen) atoms. The fraction of sp³-hybridized carbons (Fsp3) is 0.294. The minimum absolute atomic E-state index is 0.267. The number of rotatable bonds is 5. The number of anilines is 1. The van der Waals surface area contributed by atoms with E-state index in [0.717, 1.165) is 49.2 Å². The van der Waals surface area contributed by atoms with Crippen LogP contribution in [0.1, 0.15) is 0 Å². The number of aromatic nitrogens is 3. The van der Waals surface area contributed by atoms with Crippen molar-refractivity contribution in [3.05, 3.63) is 28.0 Å². The van der Waals surface area contributed by atoms with Gasteiger partial charge in [0.25, 0.3) is 0 Å². The fourth-order valence-corrected chi connectivity index (χ4v) is 4.44. The van der Waals surface area contributed by atoms with Gasteiger partial charge in [-0.15, -0.1) is 0 Å². The van der Waals surface area contributed by atoms with Crippen molar-refractivity contribution in [1.82, 2.24) is 19.4 Å². The lowest BCUT2D eigenvalue weighted by molar-refractivity contribution is 0.174. The van der Waals surface area contributed by atoms with Crippen LogP contribution in [0, 0.1) is 3.57 Å². The lowest BCUT2D eigenvalue weighted by Crippen LogP contribution is -2.18. The van der Waals surface area contributed by atoms with E-state index in [1.165, 1.54) is 0 Å². The van der Waals surface area contributed by atoms with Gasteiger partial charge in [0, 0.05) is 27.8 Å². The Hall–Kier alpha value is -1.72. The van der Waals surface area contributed by atoms with Crippen LogP contribution >= 0.6 is 34.4 Å². The SMILES string of the molecule is CN(C)CCn1c(Sc2cc3c(cc2I)OCO3)nc2c(N)nccc21. The Morgan fingerprint density at radius 1 is 1.31 bits per heavy atom. The summed E-state index contributed by atoms with van der Waals surface area (Å²) in [6.45, 7) is 1.99. The molecule has 0 bridgehead atoms. The minimum atomic E-state index is 0.267. The molecular weight excluding hydrogens is 465 g/mol. The molecule has 0 aliphatic carbocycles. The number of nitrogen functional groups attached to an aromatic ring is 1. The van der Waals surface area contributed by atoms with Gasteiger partial charge in [-0.05, 0) is 54.9 Å². The molecule has 0 amide bonds. The Balaban J connectivity index is 1.76. The number of pyridine rings is 1. The van der Waals surface area contributed by atoms with Gasteiger partial charge in [-0.3, -0.25) is 0 Å². The molecule has 4 rings (SSSR count). The second-order valence-electron chi connectivity index (χ2n) is 6.15. The monoisotopic (exact) mass is 483 g/mol. The molecule has 1 aliphatic heterocycles. The Kier molecular flexibility index (Phi) is 4.84. The van der Waals surface area contributed by atoms with Crippen LogP contribution in [0.15, 0.2) is 34.4 Å². The number of nitrogens with two attached hydrogens (primary N) is 1. The molecule has 0 radical (unpaired) electrons. The zero-order valence-corrected chi connectivity index (χ0v) is 17.4. The molecule has 9 heteroatoms. The largest absolute Gasteiger partial charge is 0.454 e. The highest BCUT2D eigenvalue weighted by Crippen LogP contribution is 2.41. The average molecular weight is 483 g/mol. The third kappa shape index (κ3) is 3.30. The van der Waals surface area contributed by atoms with Crippen LogP contribution in [0.4, 0.5) is 5.82 Å². The number of benzene rings is 1. The van der Waals surface area contributed by atoms with Crippen molar-refractivity contribution in [1.29, 1.82) is 0 Å². The van der Waals surface area contributed by atoms with E-state index >= 15 is 0 Å². The van der Waals surface area contributed by atoms with Gasteiger partial charge in [0.2, 0.25) is 6.79 Å². The fourth-order valence-electron chi connectivity index (χ4n) is 2.72. The van der Waals surface area contributed by atoms with Crippen LogP contribution in [0.2, 0.25) is 0 Å². The van der Waals surface area contributed by atoms with Crippen molar-refractivity contribution < 1.29 is 9.47 Å². The van der Waals surface area contributed by atoms with Crippen molar-refractivity contribution >= 4 is 51.2 Å². The first kappa shape index (κ1) is 17.7. The Labute approximate surface area is 169 Å². The molecule has 0 atom stereocenters. The van der Waals surface area contributed by atoms with E-state index in [1.807, 2.05) is 18.2 Å². The molecule has 1 aromatic carbocycles. The van der Waals surface area contributed by atoms with E-state index in [9.17, 15) is 0 Å². The highest BCUT2D eigenvalue weighted by molar-refractivity contribution is 14.1. The number of fused-ring (bicyclic) bond motifs is 2. The summed E-state index contributed by atoms with van der Waals surface area (Å²) in [5, 5.41) is 0.887. The number of imidazole rings is 1. The minimum Gasteiger partial charge on any atom is -0.454 e. The first-order valence-electron chi connectivity index (χ1n) is 8.05. The molecule has 0 fully saturated rings. The maximum absolute atomic E-state index is 6.05. The Morgan fingerprint density at radius 3 is 2.85 bits per heavy atom. The van der Waals surface area contributed by atoms with Crippen LogP contribution in [0.25, 0.3) is 11.0 Å². The number of hydrogen-bond donors (Lipinski definition) is 1. The van der Waals surface area contributed by atoms with Crippen LogP contribution in [-0.2, 0) is 6.54 Å². The molecule has 0 unspecified atom stereocenters. The quantitative estimate of drug-likeness (QED) is 0.559. The van der Waals surface area contributed by atoms with Crippen LogP contribution < -0.4 is 15.2 Å². The van der Waals surface area contributed by atoms with Gasteiger partial charge >= 0.3 is 0 Å². The topological polar surface area (TPSA) is 78.4 Å². The highest BCUT2D eigenvalue weighted by atomic mass is 127. The van der Waals surface area contributed by atoms with Crippen LogP contribution in [0.3, 0.4) is 0 Å². The maximum Gasteiger partial charge on any atom is 0.231 e. The van der Waals surface area contributed by atoms with Crippen molar-refractivity contribution in [2.24, 2.45) is 0 Å². The predicted molar refractivity (Wildman–Crippen MR) is 110 cm³/mol. The summed E-state index contributed by atoms with van der Waals surface area (Å²) in [6, 6.07) is 5.96. The zero-order chi connectivity index (χ0) is 18.3. The van der Waals surface area contributed by atoms with E-state index in [0.29, 0.717) is 5.82 Å². The first-order chi connectivity index (χ1) is 12.5. The molecule has 0 saturated heterocycles. The third-order valence-electron chi connectivity index (χ3n) is 4.06. The molecule has 0 saturated carbocycles. The average Bonchev–Trinajstić information content (AvgIpc) is 3.18. The van der Waals surface area contributed by atoms with E-state index in [-0.39, 0.29) is 6.79 Å². The molecule has 2 N–H and O–H groups in total. The number of likely N-dealkylation sites (N-methyl/N-ethyl adjacent to an activating group) is 1. The summed E-state index contributed by atoms with van der Waals surface area (Å²) in [6.07, 6.45) is 1.73. The number of nitrogens with zero attached hydrogens (tertiary/aromatic N) is 4. The van der Waals surface area contributed by atoms with E-state index in [2.05, 4.69) is 51.1 Å². The third-order valence-corrected chi connectivity index (χ3v) is 6.37. The van der Waals surface area contributed by atoms with E-state index in [1.54, 1.807) is 18.0 Å². The van der Waals surface area contributed by atoms with E-state index < -0.39 is 0 Å². The standard InChI is InChI=1S/C17H18IN5O2S/c1-22(2)5-6-23-11-3-4-20-16(19)15(11)21-17(23)26-14-8-13-12(7-10(14)18)24-9-25-13/h3-4,7-8H,5-6,9H2,1-2H3,(H2,19,20). The highest BCUT2D eigenvalue weighted by Gasteiger charge is 2.20. The molecule has 0 spiro atoms. The second-order valence-corrected chi connectivity index (χ2v) is 8.32. The molecule has 7 nitrogen and oxygen atoms in total. The first-order valence-corrected chi connectivity index (χ1v) is 9.95. The van der Waals surface area contributed by atoms with Gasteiger partial charge in [0.05, 0.1) is 5.52 Å². The molecule has 136 valence electrons. The molecule has 3 heterocycles. The summed E-state index contributed by atoms with van der Waals surface area (Å²) >= 11 is 3.91. The summed E-state index contributed by atoms with van der Waals surface area (Å²) in [4.78, 5) is 12.2. The lowest BCUT2D eigenvalue weighted by atomic mass is 10.3. The van der Waals surface area contributed by atoms with Gasteiger partial charge < -0.3 is 24.7 Å². The summed E-state index contributed by atoms with van der Waals surface area (Å²) in [5.41, 5.74) is 7.78. The van der Waals surface area contributed by atoms with Gasteiger partial charge in [-0.25, -0.2) is 9.97 Å². The van der Waals surface area contributed by atoms with Gasteiger partial charge in [0.1, 0.15) is 5.52 Å². The smallest absolute Gasteiger partial charge is 0.231 e. The summed E-state index contributed by atoms with van der Waals surface area (Å²) < 4.78 is 14.3. The predicted octanol–water partition coefficient (Wildman–Crippen LogP) is 3.06. The molecule has 1 aliphatic rings. The van der Waals surface area contributed by atoms with Crippen molar-refractivity contribution in [2.45, 2.75) is 16.6 Å². The molecule has 3 aromatic rings. The molecule has 2 aromatic heterocycles. The Morgan fingerprint density at radius 2 is 2.08 bits per heavy atom. The zero-order valence-electron chi connectivity index (χ0n) is 14.4. The number of ether oxygens (including phenoxy) is 2. The van der Waals surface area contributed by atoms with Crippen LogP contribution in [0.5, 0.6) is 11.5 Å². The van der Waals surface area contributed by atoms with Crippen molar-refractivity contribution in [3.8, 4) is 11.5 Å². The van der Waals surface area contributed by atoms with Crippen molar-refractivity contribution in [3.63, 3.8) is 0 Å². The normalized spacial score (nSPS) is 13.1. The van der Waals surface area contributed by atoms with Gasteiger partial charge in [0.15, 0.2) is 22.5 Å². The lowest BCUT2D eigenvalue weighted by Gasteiger charge is -2.13. The van der Waals surface area contributed by atoms with Crippen LogP contribution in [-0.4, -0.2) is 46.9 Å². The number of halogens is 1. The maximum atomic E-state index is 6.05. The van der Waals surface area contributed by atoms with E-state index in [4.69, 9.17) is 20.2 Å². The number of hydrogen-bond acceptors (Lipinski definition) is 7. The van der Waals surface area contributed by atoms with Crippen molar-refractivity contribution in [2.75, 3.05) is 33.2 Å². The van der Waals surface area contributed by atoms with Gasteiger partial charge in [-0.1, -0.05) is 11.8 Å². The molecular formula is C17H18IN5O2S.